The molecule has 0 aromatic heterocycles. The number of hydrogen-bond acceptors (Lipinski definition) is 4. The summed E-state index contributed by atoms with van der Waals surface area (Å²) in [5.41, 5.74) is 0. The van der Waals surface area contributed by atoms with Crippen LogP contribution in [-0.2, 0) is 14.4 Å². The first-order chi connectivity index (χ1) is 3.72. The summed E-state index contributed by atoms with van der Waals surface area (Å²) in [6.45, 7) is 1.38. The predicted octanol–water partition coefficient (Wildman–Crippen LogP) is 0.0375. The lowest BCUT2D eigenvalue weighted by Crippen LogP contribution is -2.20. The van der Waals surface area contributed by atoms with Crippen LogP contribution in [0.5, 0.6) is 0 Å². The van der Waals surface area contributed by atoms with Gasteiger partial charge in [0.25, 0.3) is 0 Å². The molecular formula is C4H8O4. The molecule has 0 bridgehead atoms. The highest BCUT2D eigenvalue weighted by Crippen LogP contribution is 1.88. The van der Waals surface area contributed by atoms with Crippen molar-refractivity contribution in [3.05, 3.63) is 0 Å². The molecule has 0 aliphatic heterocycles. The molecule has 4 heteroatoms. The number of rotatable bonds is 2. The van der Waals surface area contributed by atoms with Crippen molar-refractivity contribution in [2.24, 2.45) is 0 Å². The quantitative estimate of drug-likeness (QED) is 0.317. The summed E-state index contributed by atoms with van der Waals surface area (Å²) in [5.74, 6) is -0.590. The summed E-state index contributed by atoms with van der Waals surface area (Å²) < 4.78 is 4.18. The van der Waals surface area contributed by atoms with Crippen LogP contribution in [0.2, 0.25) is 0 Å². The molecule has 0 radical (unpaired) electrons. The van der Waals surface area contributed by atoms with Gasteiger partial charge in [-0.25, -0.2) is 9.68 Å². The molecule has 1 N–H and O–H groups in total. The molecule has 0 spiro atoms. The largest absolute Gasteiger partial charge is 0.467 e. The third-order valence-electron chi connectivity index (χ3n) is 0.691. The topological polar surface area (TPSA) is 55.8 Å². The van der Waals surface area contributed by atoms with E-state index in [0.717, 1.165) is 0 Å². The van der Waals surface area contributed by atoms with Crippen LogP contribution < -0.4 is 0 Å². The number of ether oxygens (including phenoxy) is 1. The molecule has 0 aliphatic carbocycles. The molecule has 0 amide bonds. The molecule has 48 valence electrons. The van der Waals surface area contributed by atoms with Gasteiger partial charge in [0.15, 0.2) is 6.10 Å². The van der Waals surface area contributed by atoms with Gasteiger partial charge >= 0.3 is 5.97 Å². The Morgan fingerprint density at radius 3 is 2.38 bits per heavy atom. The molecule has 8 heavy (non-hydrogen) atoms. The molecule has 0 fully saturated rings. The van der Waals surface area contributed by atoms with Gasteiger partial charge < -0.3 is 4.74 Å². The fourth-order valence-corrected chi connectivity index (χ4v) is 0.209. The summed E-state index contributed by atoms with van der Waals surface area (Å²) in [5, 5.41) is 7.84. The molecule has 0 aromatic rings. The monoisotopic (exact) mass is 120 g/mol. The van der Waals surface area contributed by atoms with Gasteiger partial charge in [0.1, 0.15) is 0 Å². The van der Waals surface area contributed by atoms with Gasteiger partial charge in [-0.1, -0.05) is 0 Å². The molecular weight excluding hydrogens is 112 g/mol. The van der Waals surface area contributed by atoms with E-state index in [1.165, 1.54) is 14.0 Å². The molecule has 0 saturated carbocycles. The molecule has 0 aliphatic rings. The zero-order valence-corrected chi connectivity index (χ0v) is 4.75. The zero-order chi connectivity index (χ0) is 6.57. The van der Waals surface area contributed by atoms with E-state index in [2.05, 4.69) is 9.62 Å². The minimum Gasteiger partial charge on any atom is -0.467 e. The minimum absolute atomic E-state index is 0.590. The Balaban J connectivity index is 3.46. The lowest BCUT2D eigenvalue weighted by atomic mass is 10.4. The second-order valence-corrected chi connectivity index (χ2v) is 1.27. The lowest BCUT2D eigenvalue weighted by molar-refractivity contribution is -0.273. The second-order valence-electron chi connectivity index (χ2n) is 1.27. The second kappa shape index (κ2) is 3.40. The van der Waals surface area contributed by atoms with Crippen molar-refractivity contribution in [2.75, 3.05) is 7.11 Å². The molecule has 0 aromatic carbocycles. The summed E-state index contributed by atoms with van der Waals surface area (Å²) in [4.78, 5) is 13.9. The average molecular weight is 120 g/mol. The Bertz CT molecular complexity index is 80.1. The van der Waals surface area contributed by atoms with E-state index in [-0.39, 0.29) is 0 Å². The Hall–Kier alpha value is -0.610. The van der Waals surface area contributed by atoms with Gasteiger partial charge in [0.05, 0.1) is 7.11 Å². The van der Waals surface area contributed by atoms with Crippen LogP contribution in [0.25, 0.3) is 0 Å². The molecule has 0 rings (SSSR count). The van der Waals surface area contributed by atoms with Crippen molar-refractivity contribution in [1.29, 1.82) is 0 Å². The van der Waals surface area contributed by atoms with Crippen LogP contribution in [0.3, 0.4) is 0 Å². The molecule has 4 nitrogen and oxygen atoms in total. The van der Waals surface area contributed by atoms with Crippen molar-refractivity contribution < 1.29 is 19.7 Å². The van der Waals surface area contributed by atoms with Crippen LogP contribution >= 0.6 is 0 Å². The van der Waals surface area contributed by atoms with Gasteiger partial charge in [0, 0.05) is 0 Å². The summed E-state index contributed by atoms with van der Waals surface area (Å²) in [7, 11) is 1.22. The highest BCUT2D eigenvalue weighted by molar-refractivity contribution is 5.73. The summed E-state index contributed by atoms with van der Waals surface area (Å²) in [6, 6.07) is 0. The van der Waals surface area contributed by atoms with E-state index in [1.54, 1.807) is 0 Å². The van der Waals surface area contributed by atoms with E-state index < -0.39 is 12.1 Å². The standard InChI is InChI=1S/C4H8O4/c1-3(8-6)4(5)7-2/h3,6H,1-2H3. The van der Waals surface area contributed by atoms with Crippen LogP contribution in [-0.4, -0.2) is 24.4 Å². The first-order valence-electron chi connectivity index (χ1n) is 2.10. The number of methoxy groups -OCH3 is 1. The number of hydrogen-bond donors (Lipinski definition) is 1. The first kappa shape index (κ1) is 7.39. The van der Waals surface area contributed by atoms with E-state index >= 15 is 0 Å². The summed E-state index contributed by atoms with van der Waals surface area (Å²) in [6.07, 6.45) is -0.889. The van der Waals surface area contributed by atoms with Gasteiger partial charge in [-0.2, -0.15) is 0 Å². The third-order valence-corrected chi connectivity index (χ3v) is 0.691. The number of carbonyl (C=O) groups excluding carboxylic acids is 1. The number of carbonyl (C=O) groups is 1. The van der Waals surface area contributed by atoms with Gasteiger partial charge in [-0.15, -0.1) is 0 Å². The lowest BCUT2D eigenvalue weighted by Gasteiger charge is -2.01. The van der Waals surface area contributed by atoms with Crippen molar-refractivity contribution in [2.45, 2.75) is 13.0 Å². The van der Waals surface area contributed by atoms with E-state index in [0.29, 0.717) is 0 Å². The smallest absolute Gasteiger partial charge is 0.338 e. The van der Waals surface area contributed by atoms with Crippen LogP contribution in [0.4, 0.5) is 0 Å². The van der Waals surface area contributed by atoms with Crippen LogP contribution in [0.15, 0.2) is 0 Å². The maximum atomic E-state index is 10.2. The van der Waals surface area contributed by atoms with Crippen LogP contribution in [0.1, 0.15) is 6.92 Å². The Morgan fingerprint density at radius 2 is 2.25 bits per heavy atom. The fraction of sp³-hybridized carbons (Fsp3) is 0.750. The van der Waals surface area contributed by atoms with Gasteiger partial charge in [0.2, 0.25) is 0 Å². The maximum Gasteiger partial charge on any atom is 0.338 e. The van der Waals surface area contributed by atoms with Crippen LogP contribution in [0, 0.1) is 0 Å². The van der Waals surface area contributed by atoms with Crippen molar-refractivity contribution in [3.8, 4) is 0 Å². The van der Waals surface area contributed by atoms with E-state index in [4.69, 9.17) is 5.26 Å². The minimum atomic E-state index is -0.889. The van der Waals surface area contributed by atoms with Crippen molar-refractivity contribution >= 4 is 5.97 Å². The average Bonchev–Trinajstić information content (AvgIpc) is 1.84. The number of esters is 1. The third kappa shape index (κ3) is 1.90. The normalized spacial score (nSPS) is 12.9. The SMILES string of the molecule is COC(=O)C(C)OO. The maximum absolute atomic E-state index is 10.2. The Kier molecular flexibility index (Phi) is 3.14. The van der Waals surface area contributed by atoms with Crippen molar-refractivity contribution in [3.63, 3.8) is 0 Å². The van der Waals surface area contributed by atoms with Gasteiger partial charge in [-0.3, -0.25) is 5.26 Å². The molecule has 0 saturated heterocycles. The highest BCUT2D eigenvalue weighted by atomic mass is 17.1. The molecule has 0 heterocycles. The molecule has 1 atom stereocenters. The first-order valence-corrected chi connectivity index (χ1v) is 2.10. The van der Waals surface area contributed by atoms with E-state index in [1.807, 2.05) is 0 Å². The predicted molar refractivity (Wildman–Crippen MR) is 25.2 cm³/mol. The van der Waals surface area contributed by atoms with E-state index in [9.17, 15) is 4.79 Å². The summed E-state index contributed by atoms with van der Waals surface area (Å²) >= 11 is 0. The van der Waals surface area contributed by atoms with Crippen molar-refractivity contribution in [1.82, 2.24) is 0 Å². The fourth-order valence-electron chi connectivity index (χ4n) is 0.209. The molecule has 1 unspecified atom stereocenters. The zero-order valence-electron chi connectivity index (χ0n) is 4.75. The highest BCUT2D eigenvalue weighted by Gasteiger charge is 2.11. The van der Waals surface area contributed by atoms with Gasteiger partial charge in [-0.05, 0) is 6.92 Å². The Morgan fingerprint density at radius 1 is 1.75 bits per heavy atom. The Labute approximate surface area is 46.9 Å².